The van der Waals surface area contributed by atoms with Gasteiger partial charge in [-0.15, -0.1) is 0 Å². The number of alkyl halides is 3. The second kappa shape index (κ2) is 12.6. The van der Waals surface area contributed by atoms with Gasteiger partial charge in [-0.1, -0.05) is 19.1 Å². The molecule has 4 heterocycles. The van der Waals surface area contributed by atoms with E-state index in [1.807, 2.05) is 19.0 Å². The van der Waals surface area contributed by atoms with Gasteiger partial charge in [0.1, 0.15) is 5.82 Å². The smallest absolute Gasteiger partial charge is 0.416 e. The molecule has 1 fully saturated rings. The third kappa shape index (κ3) is 6.18. The van der Waals surface area contributed by atoms with Gasteiger partial charge in [0.15, 0.2) is 17.9 Å². The van der Waals surface area contributed by atoms with Crippen LogP contribution in [0.2, 0.25) is 0 Å². The Kier molecular flexibility index (Phi) is 9.02. The van der Waals surface area contributed by atoms with Gasteiger partial charge in [0.05, 0.1) is 18.0 Å². The van der Waals surface area contributed by atoms with Crippen molar-refractivity contribution in [2.75, 3.05) is 33.7 Å². The number of carbonyl (C=O) groups excluding carboxylic acids is 1. The summed E-state index contributed by atoms with van der Waals surface area (Å²) in [4.78, 5) is 47.0. The van der Waals surface area contributed by atoms with Crippen LogP contribution >= 0.6 is 0 Å². The van der Waals surface area contributed by atoms with Crippen LogP contribution in [-0.2, 0) is 42.1 Å². The topological polar surface area (TPSA) is 97.8 Å². The lowest BCUT2D eigenvalue weighted by molar-refractivity contribution is -0.154. The van der Waals surface area contributed by atoms with E-state index in [0.29, 0.717) is 42.8 Å². The standard InChI is InChI=1S/C30H38F3N7O4/c1-5-12-39-27(41)24-26(38(6-2)29(39)43)34-25(40(24)19-44-28(42)21-10-13-35(3)14-11-21)22-17-36(4)37(18-22)16-20-8-7-9-23(15-20)30(31,32)33/h7-9,15,18,21H,5-6,10-14,16-17,19H2,1-4H3. The summed E-state index contributed by atoms with van der Waals surface area (Å²) in [5.74, 6) is -0.260. The van der Waals surface area contributed by atoms with Crippen LogP contribution in [0.3, 0.4) is 0 Å². The average molecular weight is 618 g/mol. The van der Waals surface area contributed by atoms with Gasteiger partial charge in [-0.2, -0.15) is 13.2 Å². The molecule has 2 aromatic heterocycles. The Balaban J connectivity index is 1.55. The van der Waals surface area contributed by atoms with Crippen molar-refractivity contribution in [1.29, 1.82) is 0 Å². The number of likely N-dealkylation sites (tertiary alicyclic amines) is 1. The Hall–Kier alpha value is -3.91. The fourth-order valence-electron chi connectivity index (χ4n) is 5.84. The van der Waals surface area contributed by atoms with Crippen LogP contribution in [0, 0.1) is 5.92 Å². The molecule has 0 bridgehead atoms. The molecule has 0 aliphatic carbocycles. The number of hydrazine groups is 1. The first-order chi connectivity index (χ1) is 20.9. The predicted octanol–water partition coefficient (Wildman–Crippen LogP) is 3.35. The zero-order valence-corrected chi connectivity index (χ0v) is 25.4. The second-order valence-electron chi connectivity index (χ2n) is 11.5. The number of esters is 1. The number of rotatable bonds is 9. The molecule has 11 nitrogen and oxygen atoms in total. The lowest BCUT2D eigenvalue weighted by atomic mass is 9.97. The van der Waals surface area contributed by atoms with Gasteiger partial charge in [0.2, 0.25) is 0 Å². The third-order valence-electron chi connectivity index (χ3n) is 8.29. The summed E-state index contributed by atoms with van der Waals surface area (Å²) >= 11 is 0. The monoisotopic (exact) mass is 617 g/mol. The molecule has 3 aromatic rings. The van der Waals surface area contributed by atoms with E-state index in [0.717, 1.165) is 25.2 Å². The number of fused-ring (bicyclic) bond motifs is 1. The SMILES string of the molecule is CCCn1c(=O)c2c(nc(C3=CN(Cc4cccc(C(F)(F)F)c4)N(C)C3)n2COC(=O)C2CCN(C)CC2)n(CC)c1=O. The van der Waals surface area contributed by atoms with Crippen LogP contribution in [0.15, 0.2) is 40.1 Å². The summed E-state index contributed by atoms with van der Waals surface area (Å²) in [5, 5.41) is 3.59. The molecular formula is C30H38F3N7O4. The third-order valence-corrected chi connectivity index (χ3v) is 8.29. The molecule has 0 unspecified atom stereocenters. The normalized spacial score (nSPS) is 17.1. The lowest BCUT2D eigenvalue weighted by Gasteiger charge is -2.27. The van der Waals surface area contributed by atoms with E-state index in [1.54, 1.807) is 35.8 Å². The number of halogens is 3. The van der Waals surface area contributed by atoms with Crippen LogP contribution in [0.1, 0.15) is 50.1 Å². The number of nitrogens with zero attached hydrogens (tertiary/aromatic N) is 7. The number of aryl methyl sites for hydroxylation is 1. The number of hydrogen-bond donors (Lipinski definition) is 0. The summed E-state index contributed by atoms with van der Waals surface area (Å²) in [6.45, 7) is 5.94. The van der Waals surface area contributed by atoms with Crippen LogP contribution in [0.25, 0.3) is 16.7 Å². The molecule has 2 aliphatic heterocycles. The molecule has 0 N–H and O–H groups in total. The number of benzene rings is 1. The van der Waals surface area contributed by atoms with E-state index in [1.165, 1.54) is 15.2 Å². The van der Waals surface area contributed by atoms with E-state index < -0.39 is 23.0 Å². The minimum Gasteiger partial charge on any atom is -0.444 e. The number of carbonyl (C=O) groups is 1. The van der Waals surface area contributed by atoms with Crippen molar-refractivity contribution in [3.63, 3.8) is 0 Å². The Morgan fingerprint density at radius 3 is 2.45 bits per heavy atom. The number of ether oxygens (including phenoxy) is 1. The zero-order valence-electron chi connectivity index (χ0n) is 25.4. The predicted molar refractivity (Wildman–Crippen MR) is 158 cm³/mol. The van der Waals surface area contributed by atoms with E-state index in [2.05, 4.69) is 4.90 Å². The van der Waals surface area contributed by atoms with Gasteiger partial charge in [-0.25, -0.2) is 14.8 Å². The summed E-state index contributed by atoms with van der Waals surface area (Å²) in [5.41, 5.74) is -0.232. The van der Waals surface area contributed by atoms with Crippen molar-refractivity contribution in [2.45, 2.75) is 65.7 Å². The van der Waals surface area contributed by atoms with Crippen molar-refractivity contribution in [1.82, 2.24) is 33.6 Å². The van der Waals surface area contributed by atoms with E-state index in [4.69, 9.17) is 9.72 Å². The maximum absolute atomic E-state index is 13.7. The summed E-state index contributed by atoms with van der Waals surface area (Å²) in [6, 6.07) is 5.16. The molecule has 44 heavy (non-hydrogen) atoms. The number of hydrogen-bond acceptors (Lipinski definition) is 8. The van der Waals surface area contributed by atoms with Crippen LogP contribution < -0.4 is 11.2 Å². The number of imidazole rings is 1. The molecule has 0 amide bonds. The first kappa shape index (κ1) is 31.5. The highest BCUT2D eigenvalue weighted by Gasteiger charge is 2.32. The highest BCUT2D eigenvalue weighted by atomic mass is 19.4. The largest absolute Gasteiger partial charge is 0.444 e. The van der Waals surface area contributed by atoms with Crippen LogP contribution in [0.4, 0.5) is 13.2 Å². The summed E-state index contributed by atoms with van der Waals surface area (Å²) in [7, 11) is 3.79. The van der Waals surface area contributed by atoms with Crippen molar-refractivity contribution >= 4 is 22.7 Å². The van der Waals surface area contributed by atoms with E-state index in [-0.39, 0.29) is 49.4 Å². The zero-order chi connectivity index (χ0) is 31.8. The van der Waals surface area contributed by atoms with E-state index in [9.17, 15) is 27.6 Å². The van der Waals surface area contributed by atoms with Crippen molar-refractivity contribution < 1.29 is 22.7 Å². The highest BCUT2D eigenvalue weighted by Crippen LogP contribution is 2.31. The molecule has 0 atom stereocenters. The minimum absolute atomic E-state index is 0.158. The fourth-order valence-corrected chi connectivity index (χ4v) is 5.84. The Morgan fingerprint density at radius 2 is 1.80 bits per heavy atom. The number of aromatic nitrogens is 4. The van der Waals surface area contributed by atoms with Gasteiger partial charge in [0, 0.05) is 38.5 Å². The summed E-state index contributed by atoms with van der Waals surface area (Å²) < 4.78 is 49.9. The first-order valence-corrected chi connectivity index (χ1v) is 14.9. The van der Waals surface area contributed by atoms with E-state index >= 15 is 0 Å². The van der Waals surface area contributed by atoms with Crippen molar-refractivity contribution in [3.8, 4) is 0 Å². The van der Waals surface area contributed by atoms with Gasteiger partial charge in [-0.3, -0.25) is 23.3 Å². The molecule has 0 radical (unpaired) electrons. The molecule has 5 rings (SSSR count). The molecular weight excluding hydrogens is 579 g/mol. The highest BCUT2D eigenvalue weighted by molar-refractivity contribution is 5.78. The van der Waals surface area contributed by atoms with Crippen molar-refractivity contribution in [3.05, 3.63) is 68.3 Å². The second-order valence-corrected chi connectivity index (χ2v) is 11.5. The molecule has 2 aliphatic rings. The van der Waals surface area contributed by atoms with Crippen molar-refractivity contribution in [2.24, 2.45) is 5.92 Å². The number of likely N-dealkylation sites (N-methyl/N-ethyl adjacent to an activating group) is 1. The molecule has 0 spiro atoms. The van der Waals surface area contributed by atoms with Gasteiger partial charge >= 0.3 is 17.8 Å². The van der Waals surface area contributed by atoms with Crippen LogP contribution in [0.5, 0.6) is 0 Å². The minimum atomic E-state index is -4.45. The number of piperidine rings is 1. The molecule has 1 saturated heterocycles. The first-order valence-electron chi connectivity index (χ1n) is 14.9. The van der Waals surface area contributed by atoms with Gasteiger partial charge in [-0.05, 0) is 64.0 Å². The molecule has 14 heteroatoms. The van der Waals surface area contributed by atoms with Crippen LogP contribution in [-0.4, -0.2) is 73.3 Å². The van der Waals surface area contributed by atoms with Gasteiger partial charge < -0.3 is 14.6 Å². The molecule has 1 aromatic carbocycles. The Labute approximate surface area is 252 Å². The van der Waals surface area contributed by atoms with Gasteiger partial charge in [0.25, 0.3) is 5.56 Å². The summed E-state index contributed by atoms with van der Waals surface area (Å²) in [6.07, 6.45) is -0.784. The average Bonchev–Trinajstić information content (AvgIpc) is 3.54. The Bertz CT molecular complexity index is 1680. The maximum Gasteiger partial charge on any atom is 0.416 e. The maximum atomic E-state index is 13.7. The lowest BCUT2D eigenvalue weighted by Crippen LogP contribution is -2.40. The Morgan fingerprint density at radius 1 is 1.07 bits per heavy atom. The molecule has 238 valence electrons. The fraction of sp³-hybridized carbons (Fsp3) is 0.533. The quantitative estimate of drug-likeness (QED) is 0.338. The molecule has 0 saturated carbocycles.